The molecule has 3 nitrogen and oxygen atoms in total. The Labute approximate surface area is 112 Å². The SMILES string of the molecule is N#Cc1ccccc1CCOc1ccc(C=O)cc1. The van der Waals surface area contributed by atoms with Crippen LogP contribution in [0.1, 0.15) is 21.5 Å². The molecule has 2 aromatic rings. The monoisotopic (exact) mass is 251 g/mol. The first-order valence-corrected chi connectivity index (χ1v) is 5.99. The molecule has 0 atom stereocenters. The van der Waals surface area contributed by atoms with Gasteiger partial charge in [0, 0.05) is 12.0 Å². The van der Waals surface area contributed by atoms with Gasteiger partial charge in [-0.3, -0.25) is 4.79 Å². The van der Waals surface area contributed by atoms with Crippen molar-refractivity contribution in [3.63, 3.8) is 0 Å². The lowest BCUT2D eigenvalue weighted by atomic mass is 10.1. The van der Waals surface area contributed by atoms with Crippen molar-refractivity contribution in [2.45, 2.75) is 6.42 Å². The Balaban J connectivity index is 1.92. The van der Waals surface area contributed by atoms with E-state index in [9.17, 15) is 4.79 Å². The molecule has 0 saturated heterocycles. The number of hydrogen-bond donors (Lipinski definition) is 0. The van der Waals surface area contributed by atoms with Crippen LogP contribution in [0.3, 0.4) is 0 Å². The molecule has 0 spiro atoms. The molecule has 0 saturated carbocycles. The molecule has 0 radical (unpaired) electrons. The maximum Gasteiger partial charge on any atom is 0.150 e. The molecule has 2 aromatic carbocycles. The van der Waals surface area contributed by atoms with Crippen LogP contribution < -0.4 is 4.74 Å². The van der Waals surface area contributed by atoms with Gasteiger partial charge in [-0.1, -0.05) is 18.2 Å². The molecule has 0 aliphatic heterocycles. The fourth-order valence-corrected chi connectivity index (χ4v) is 1.77. The largest absolute Gasteiger partial charge is 0.493 e. The van der Waals surface area contributed by atoms with Gasteiger partial charge in [-0.2, -0.15) is 5.26 Å². The van der Waals surface area contributed by atoms with Gasteiger partial charge in [0.1, 0.15) is 12.0 Å². The minimum absolute atomic E-state index is 0.499. The highest BCUT2D eigenvalue weighted by Gasteiger charge is 2.01. The summed E-state index contributed by atoms with van der Waals surface area (Å²) in [7, 11) is 0. The number of carbonyl (C=O) groups is 1. The lowest BCUT2D eigenvalue weighted by molar-refractivity contribution is 0.112. The Morgan fingerprint density at radius 1 is 1.11 bits per heavy atom. The number of benzene rings is 2. The smallest absolute Gasteiger partial charge is 0.150 e. The predicted octanol–water partition coefficient (Wildman–Crippen LogP) is 2.99. The number of carbonyl (C=O) groups excluding carboxylic acids is 1. The number of ether oxygens (including phenoxy) is 1. The predicted molar refractivity (Wildman–Crippen MR) is 72.2 cm³/mol. The first-order chi connectivity index (χ1) is 9.33. The van der Waals surface area contributed by atoms with Gasteiger partial charge < -0.3 is 4.74 Å². The topological polar surface area (TPSA) is 50.1 Å². The molecule has 0 fully saturated rings. The molecule has 0 aliphatic rings. The standard InChI is InChI=1S/C16H13NO2/c17-11-15-4-2-1-3-14(15)9-10-19-16-7-5-13(12-18)6-8-16/h1-8,12H,9-10H2. The van der Waals surface area contributed by atoms with E-state index in [2.05, 4.69) is 6.07 Å². The highest BCUT2D eigenvalue weighted by atomic mass is 16.5. The van der Waals surface area contributed by atoms with Crippen molar-refractivity contribution in [3.8, 4) is 11.8 Å². The molecule has 0 bridgehead atoms. The lowest BCUT2D eigenvalue weighted by Gasteiger charge is -2.07. The van der Waals surface area contributed by atoms with Crippen LogP contribution in [0.4, 0.5) is 0 Å². The van der Waals surface area contributed by atoms with Gasteiger partial charge in [0.15, 0.2) is 0 Å². The van der Waals surface area contributed by atoms with Crippen LogP contribution in [0.15, 0.2) is 48.5 Å². The van der Waals surface area contributed by atoms with E-state index in [1.165, 1.54) is 0 Å². The van der Waals surface area contributed by atoms with Crippen molar-refractivity contribution >= 4 is 6.29 Å². The Morgan fingerprint density at radius 2 is 1.84 bits per heavy atom. The van der Waals surface area contributed by atoms with Crippen molar-refractivity contribution in [1.29, 1.82) is 5.26 Å². The van der Waals surface area contributed by atoms with Gasteiger partial charge in [0.05, 0.1) is 18.2 Å². The van der Waals surface area contributed by atoms with E-state index in [0.29, 0.717) is 24.2 Å². The molecule has 0 aromatic heterocycles. The molecule has 0 aliphatic carbocycles. The molecule has 0 unspecified atom stereocenters. The summed E-state index contributed by atoms with van der Waals surface area (Å²) >= 11 is 0. The Bertz CT molecular complexity index is 597. The molecular weight excluding hydrogens is 238 g/mol. The van der Waals surface area contributed by atoms with Crippen molar-refractivity contribution in [2.24, 2.45) is 0 Å². The second-order valence-electron chi connectivity index (χ2n) is 4.05. The van der Waals surface area contributed by atoms with Crippen LogP contribution in [0.25, 0.3) is 0 Å². The first-order valence-electron chi connectivity index (χ1n) is 5.99. The van der Waals surface area contributed by atoms with Crippen LogP contribution in [0.2, 0.25) is 0 Å². The molecule has 3 heteroatoms. The van der Waals surface area contributed by atoms with E-state index in [4.69, 9.17) is 10.00 Å². The van der Waals surface area contributed by atoms with Crippen LogP contribution in [0.5, 0.6) is 5.75 Å². The van der Waals surface area contributed by atoms with E-state index >= 15 is 0 Å². The number of nitrogens with zero attached hydrogens (tertiary/aromatic N) is 1. The highest BCUT2D eigenvalue weighted by molar-refractivity contribution is 5.74. The molecule has 94 valence electrons. The number of nitriles is 1. The summed E-state index contributed by atoms with van der Waals surface area (Å²) in [5, 5.41) is 8.97. The quantitative estimate of drug-likeness (QED) is 0.767. The molecule has 0 amide bonds. The van der Waals surface area contributed by atoms with E-state index in [1.807, 2.05) is 18.2 Å². The number of aldehydes is 1. The van der Waals surface area contributed by atoms with Crippen LogP contribution in [0, 0.1) is 11.3 Å². The summed E-state index contributed by atoms with van der Waals surface area (Å²) in [5.74, 6) is 0.722. The zero-order valence-corrected chi connectivity index (χ0v) is 10.4. The fourth-order valence-electron chi connectivity index (χ4n) is 1.77. The second-order valence-corrected chi connectivity index (χ2v) is 4.05. The highest BCUT2D eigenvalue weighted by Crippen LogP contribution is 2.13. The van der Waals surface area contributed by atoms with Crippen molar-refractivity contribution in [1.82, 2.24) is 0 Å². The number of hydrogen-bond acceptors (Lipinski definition) is 3. The van der Waals surface area contributed by atoms with Crippen LogP contribution >= 0.6 is 0 Å². The zero-order valence-electron chi connectivity index (χ0n) is 10.4. The summed E-state index contributed by atoms with van der Waals surface area (Å²) in [6.07, 6.45) is 1.48. The molecular formula is C16H13NO2. The average molecular weight is 251 g/mol. The summed E-state index contributed by atoms with van der Waals surface area (Å²) < 4.78 is 5.58. The van der Waals surface area contributed by atoms with Crippen molar-refractivity contribution in [3.05, 3.63) is 65.2 Å². The van der Waals surface area contributed by atoms with Gasteiger partial charge in [0.25, 0.3) is 0 Å². The Morgan fingerprint density at radius 3 is 2.53 bits per heavy atom. The van der Waals surface area contributed by atoms with Crippen LogP contribution in [-0.2, 0) is 6.42 Å². The lowest BCUT2D eigenvalue weighted by Crippen LogP contribution is -2.02. The summed E-state index contributed by atoms with van der Waals surface area (Å²) in [6, 6.07) is 16.6. The van der Waals surface area contributed by atoms with Gasteiger partial charge in [-0.25, -0.2) is 0 Å². The van der Waals surface area contributed by atoms with Gasteiger partial charge in [0.2, 0.25) is 0 Å². The first kappa shape index (κ1) is 12.8. The van der Waals surface area contributed by atoms with E-state index in [-0.39, 0.29) is 0 Å². The van der Waals surface area contributed by atoms with E-state index < -0.39 is 0 Å². The second kappa shape index (κ2) is 6.36. The number of rotatable bonds is 5. The minimum atomic E-state index is 0.499. The van der Waals surface area contributed by atoms with Gasteiger partial charge in [-0.15, -0.1) is 0 Å². The normalized spacial score (nSPS) is 9.63. The molecule has 2 rings (SSSR count). The fraction of sp³-hybridized carbons (Fsp3) is 0.125. The van der Waals surface area contributed by atoms with Gasteiger partial charge in [-0.05, 0) is 35.9 Å². The molecule has 0 N–H and O–H groups in total. The Hall–Kier alpha value is -2.60. The minimum Gasteiger partial charge on any atom is -0.493 e. The Kier molecular flexibility index (Phi) is 4.30. The van der Waals surface area contributed by atoms with Crippen LogP contribution in [-0.4, -0.2) is 12.9 Å². The zero-order chi connectivity index (χ0) is 13.5. The molecule has 19 heavy (non-hydrogen) atoms. The summed E-state index contributed by atoms with van der Waals surface area (Å²) in [5.41, 5.74) is 2.29. The third-order valence-corrected chi connectivity index (χ3v) is 2.79. The third-order valence-electron chi connectivity index (χ3n) is 2.79. The van der Waals surface area contributed by atoms with Gasteiger partial charge >= 0.3 is 0 Å². The summed E-state index contributed by atoms with van der Waals surface area (Å²) in [4.78, 5) is 10.5. The third kappa shape index (κ3) is 3.43. The maximum atomic E-state index is 10.5. The molecule has 0 heterocycles. The average Bonchev–Trinajstić information content (AvgIpc) is 2.48. The van der Waals surface area contributed by atoms with E-state index in [1.54, 1.807) is 30.3 Å². The maximum absolute atomic E-state index is 10.5. The van der Waals surface area contributed by atoms with Crippen molar-refractivity contribution < 1.29 is 9.53 Å². The van der Waals surface area contributed by atoms with E-state index in [0.717, 1.165) is 17.6 Å². The summed E-state index contributed by atoms with van der Waals surface area (Å²) in [6.45, 7) is 0.499. The van der Waals surface area contributed by atoms with Crippen molar-refractivity contribution in [2.75, 3.05) is 6.61 Å².